The van der Waals surface area contributed by atoms with Gasteiger partial charge in [-0.15, -0.1) is 0 Å². The van der Waals surface area contributed by atoms with Crippen molar-refractivity contribution in [3.8, 4) is 0 Å². The molecule has 0 aliphatic heterocycles. The molecule has 11 heavy (non-hydrogen) atoms. The summed E-state index contributed by atoms with van der Waals surface area (Å²) in [6.45, 7) is 0. The molecular formula is C7H7Br2NO. The van der Waals surface area contributed by atoms with Crippen molar-refractivity contribution < 1.29 is 4.79 Å². The Morgan fingerprint density at radius 1 is 1.55 bits per heavy atom. The van der Waals surface area contributed by atoms with E-state index in [-0.39, 0.29) is 10.7 Å². The lowest BCUT2D eigenvalue weighted by Gasteiger charge is -2.25. The molecule has 2 N–H and O–H groups in total. The lowest BCUT2D eigenvalue weighted by atomic mass is 10.0. The summed E-state index contributed by atoms with van der Waals surface area (Å²) in [6.07, 6.45) is 7.24. The number of halogens is 2. The highest BCUT2D eigenvalue weighted by atomic mass is 79.9. The molecule has 0 aromatic heterocycles. The van der Waals surface area contributed by atoms with Gasteiger partial charge in [-0.2, -0.15) is 0 Å². The van der Waals surface area contributed by atoms with Crippen LogP contribution in [-0.4, -0.2) is 15.1 Å². The maximum atomic E-state index is 10.9. The Balaban J connectivity index is 2.94. The van der Waals surface area contributed by atoms with Gasteiger partial charge in [0.1, 0.15) is 4.32 Å². The summed E-state index contributed by atoms with van der Waals surface area (Å²) in [4.78, 5) is 10.9. The zero-order valence-corrected chi connectivity index (χ0v) is 8.80. The van der Waals surface area contributed by atoms with E-state index in [0.717, 1.165) is 0 Å². The quantitative estimate of drug-likeness (QED) is 0.727. The SMILES string of the molecule is NC(=O)C1(Br)C=CC=CC1Br. The van der Waals surface area contributed by atoms with Crippen molar-refractivity contribution in [1.82, 2.24) is 0 Å². The van der Waals surface area contributed by atoms with E-state index in [9.17, 15) is 4.79 Å². The van der Waals surface area contributed by atoms with Gasteiger partial charge in [0, 0.05) is 0 Å². The van der Waals surface area contributed by atoms with Gasteiger partial charge >= 0.3 is 0 Å². The molecule has 60 valence electrons. The first-order chi connectivity index (χ1) is 5.07. The fraction of sp³-hybridized carbons (Fsp3) is 0.286. The molecular weight excluding hydrogens is 274 g/mol. The van der Waals surface area contributed by atoms with Crippen LogP contribution in [0.2, 0.25) is 0 Å². The summed E-state index contributed by atoms with van der Waals surface area (Å²) in [6, 6.07) is 0. The molecule has 0 saturated heterocycles. The average molecular weight is 281 g/mol. The van der Waals surface area contributed by atoms with Crippen LogP contribution in [0.5, 0.6) is 0 Å². The standard InChI is InChI=1S/C7H7Br2NO/c8-5-3-1-2-4-7(5,9)6(10)11/h1-5H,(H2,10,11). The zero-order chi connectivity index (χ0) is 8.48. The van der Waals surface area contributed by atoms with Crippen LogP contribution in [0, 0.1) is 0 Å². The molecule has 2 unspecified atom stereocenters. The lowest BCUT2D eigenvalue weighted by Crippen LogP contribution is -2.43. The number of allylic oxidation sites excluding steroid dienone is 3. The van der Waals surface area contributed by atoms with Crippen LogP contribution in [-0.2, 0) is 4.79 Å². The van der Waals surface area contributed by atoms with Crippen LogP contribution in [0.1, 0.15) is 0 Å². The molecule has 0 spiro atoms. The highest BCUT2D eigenvalue weighted by Crippen LogP contribution is 2.32. The number of hydrogen-bond donors (Lipinski definition) is 1. The Bertz CT molecular complexity index is 237. The van der Waals surface area contributed by atoms with Gasteiger partial charge in [0.15, 0.2) is 0 Å². The van der Waals surface area contributed by atoms with Crippen molar-refractivity contribution >= 4 is 37.8 Å². The van der Waals surface area contributed by atoms with Crippen molar-refractivity contribution in [2.45, 2.75) is 9.15 Å². The van der Waals surface area contributed by atoms with Crippen molar-refractivity contribution in [2.24, 2.45) is 5.73 Å². The third kappa shape index (κ3) is 1.56. The Hall–Kier alpha value is -0.0900. The van der Waals surface area contributed by atoms with Crippen LogP contribution in [0.3, 0.4) is 0 Å². The predicted molar refractivity (Wildman–Crippen MR) is 51.8 cm³/mol. The minimum Gasteiger partial charge on any atom is -0.368 e. The highest BCUT2D eigenvalue weighted by Gasteiger charge is 2.37. The van der Waals surface area contributed by atoms with Crippen LogP contribution >= 0.6 is 31.9 Å². The first kappa shape index (κ1) is 9.00. The second kappa shape index (κ2) is 3.11. The molecule has 0 saturated carbocycles. The van der Waals surface area contributed by atoms with E-state index in [1.807, 2.05) is 12.2 Å². The molecule has 0 aromatic rings. The third-order valence-corrected chi connectivity index (χ3v) is 4.30. The van der Waals surface area contributed by atoms with Gasteiger partial charge in [-0.1, -0.05) is 56.2 Å². The van der Waals surface area contributed by atoms with Crippen molar-refractivity contribution in [2.75, 3.05) is 0 Å². The first-order valence-electron chi connectivity index (χ1n) is 3.06. The van der Waals surface area contributed by atoms with Crippen LogP contribution in [0.25, 0.3) is 0 Å². The van der Waals surface area contributed by atoms with Gasteiger partial charge in [-0.3, -0.25) is 4.79 Å². The summed E-state index contributed by atoms with van der Waals surface area (Å²) < 4.78 is -0.762. The molecule has 4 heteroatoms. The van der Waals surface area contributed by atoms with Gasteiger partial charge in [-0.05, 0) is 0 Å². The normalized spacial score (nSPS) is 35.6. The molecule has 0 fully saturated rings. The number of nitrogens with two attached hydrogens (primary N) is 1. The number of carbonyl (C=O) groups excluding carboxylic acids is 1. The van der Waals surface area contributed by atoms with Crippen molar-refractivity contribution in [3.05, 3.63) is 24.3 Å². The van der Waals surface area contributed by atoms with Crippen LogP contribution in [0.15, 0.2) is 24.3 Å². The third-order valence-electron chi connectivity index (χ3n) is 1.51. The van der Waals surface area contributed by atoms with E-state index in [2.05, 4.69) is 31.9 Å². The van der Waals surface area contributed by atoms with Gasteiger partial charge in [0.05, 0.1) is 4.83 Å². The molecule has 0 bridgehead atoms. The highest BCUT2D eigenvalue weighted by molar-refractivity contribution is 9.13. The van der Waals surface area contributed by atoms with E-state index in [1.165, 1.54) is 0 Å². The van der Waals surface area contributed by atoms with Crippen LogP contribution < -0.4 is 5.73 Å². The maximum Gasteiger partial charge on any atom is 0.239 e. The number of primary amides is 1. The number of hydrogen-bond acceptors (Lipinski definition) is 1. The predicted octanol–water partition coefficient (Wildman–Crippen LogP) is 1.49. The molecule has 0 heterocycles. The van der Waals surface area contributed by atoms with E-state index in [1.54, 1.807) is 12.2 Å². The van der Waals surface area contributed by atoms with E-state index in [4.69, 9.17) is 5.73 Å². The minimum absolute atomic E-state index is 0.0718. The van der Waals surface area contributed by atoms with Crippen LogP contribution in [0.4, 0.5) is 0 Å². The maximum absolute atomic E-state index is 10.9. The second-order valence-corrected chi connectivity index (χ2v) is 4.58. The molecule has 0 aromatic carbocycles. The number of carbonyl (C=O) groups is 1. The molecule has 0 radical (unpaired) electrons. The van der Waals surface area contributed by atoms with E-state index >= 15 is 0 Å². The second-order valence-electron chi connectivity index (χ2n) is 2.28. The summed E-state index contributed by atoms with van der Waals surface area (Å²) in [7, 11) is 0. The topological polar surface area (TPSA) is 43.1 Å². The summed E-state index contributed by atoms with van der Waals surface area (Å²) in [5.74, 6) is -0.389. The molecule has 1 aliphatic rings. The fourth-order valence-corrected chi connectivity index (χ4v) is 1.67. The molecule has 1 aliphatic carbocycles. The van der Waals surface area contributed by atoms with Gasteiger partial charge in [0.2, 0.25) is 5.91 Å². The van der Waals surface area contributed by atoms with E-state index in [0.29, 0.717) is 0 Å². The number of amides is 1. The zero-order valence-electron chi connectivity index (χ0n) is 5.63. The largest absolute Gasteiger partial charge is 0.368 e. The summed E-state index contributed by atoms with van der Waals surface area (Å²) in [5, 5.41) is 0. The summed E-state index contributed by atoms with van der Waals surface area (Å²) in [5.41, 5.74) is 5.19. The molecule has 2 atom stereocenters. The lowest BCUT2D eigenvalue weighted by molar-refractivity contribution is -0.118. The monoisotopic (exact) mass is 279 g/mol. The average Bonchev–Trinajstić information content (AvgIpc) is 1.95. The molecule has 2 nitrogen and oxygen atoms in total. The molecule has 1 rings (SSSR count). The number of alkyl halides is 2. The number of rotatable bonds is 1. The Labute approximate surface area is 81.8 Å². The molecule has 1 amide bonds. The Morgan fingerprint density at radius 2 is 2.18 bits per heavy atom. The van der Waals surface area contributed by atoms with Crippen molar-refractivity contribution in [3.63, 3.8) is 0 Å². The van der Waals surface area contributed by atoms with Gasteiger partial charge in [0.25, 0.3) is 0 Å². The smallest absolute Gasteiger partial charge is 0.239 e. The van der Waals surface area contributed by atoms with Gasteiger partial charge in [-0.25, -0.2) is 0 Å². The Kier molecular flexibility index (Phi) is 2.54. The van der Waals surface area contributed by atoms with Crippen molar-refractivity contribution in [1.29, 1.82) is 0 Å². The minimum atomic E-state index is -0.762. The first-order valence-corrected chi connectivity index (χ1v) is 4.77. The Morgan fingerprint density at radius 3 is 2.55 bits per heavy atom. The van der Waals surface area contributed by atoms with Gasteiger partial charge < -0.3 is 5.73 Å². The summed E-state index contributed by atoms with van der Waals surface area (Å²) >= 11 is 6.59. The fourth-order valence-electron chi connectivity index (χ4n) is 0.807. The van der Waals surface area contributed by atoms with E-state index < -0.39 is 4.32 Å².